The maximum absolute atomic E-state index is 12.3. The lowest BCUT2D eigenvalue weighted by molar-refractivity contribution is -0.135. The first-order valence-electron chi connectivity index (χ1n) is 7.46. The molecule has 1 saturated heterocycles. The Kier molecular flexibility index (Phi) is 4.95. The molecule has 2 atom stereocenters. The van der Waals surface area contributed by atoms with Crippen molar-refractivity contribution < 1.29 is 9.90 Å². The van der Waals surface area contributed by atoms with Crippen molar-refractivity contribution >= 4 is 17.5 Å². The number of hydrogen-bond donors (Lipinski definition) is 2. The van der Waals surface area contributed by atoms with Crippen LogP contribution in [-0.4, -0.2) is 35.0 Å². The van der Waals surface area contributed by atoms with Crippen LogP contribution in [0.2, 0.25) is 5.02 Å². The van der Waals surface area contributed by atoms with Crippen molar-refractivity contribution in [2.75, 3.05) is 13.1 Å². The number of halogens is 1. The first-order valence-corrected chi connectivity index (χ1v) is 7.84. The average molecular weight is 323 g/mol. The molecule has 22 heavy (non-hydrogen) atoms. The summed E-state index contributed by atoms with van der Waals surface area (Å²) in [5.74, 6) is -0.00727. The third kappa shape index (κ3) is 3.19. The second-order valence-corrected chi connectivity index (χ2v) is 6.69. The van der Waals surface area contributed by atoms with Gasteiger partial charge in [0.1, 0.15) is 5.60 Å². The summed E-state index contributed by atoms with van der Waals surface area (Å²) in [7, 11) is 0. The minimum Gasteiger partial charge on any atom is -0.381 e. The van der Waals surface area contributed by atoms with Gasteiger partial charge in [0, 0.05) is 24.5 Å². The number of piperidine rings is 1. The van der Waals surface area contributed by atoms with E-state index in [0.29, 0.717) is 30.1 Å². The number of nitrogens with two attached hydrogens (primary N) is 1. The average Bonchev–Trinajstić information content (AvgIpc) is 2.49. The SMILES string of the molecule is C=C1CN(C(=O)[C@H](N)C(C)C)CC[C@]1(O)c1ccc(Cl)cc1. The maximum Gasteiger partial charge on any atom is 0.240 e. The zero-order valence-corrected chi connectivity index (χ0v) is 13.8. The van der Waals surface area contributed by atoms with Crippen molar-refractivity contribution in [3.05, 3.63) is 47.0 Å². The molecule has 1 aliphatic heterocycles. The fraction of sp³-hybridized carbons (Fsp3) is 0.471. The van der Waals surface area contributed by atoms with Crippen LogP contribution < -0.4 is 5.73 Å². The largest absolute Gasteiger partial charge is 0.381 e. The van der Waals surface area contributed by atoms with Crippen LogP contribution in [0.3, 0.4) is 0 Å². The summed E-state index contributed by atoms with van der Waals surface area (Å²) in [5, 5.41) is 11.6. The highest BCUT2D eigenvalue weighted by molar-refractivity contribution is 6.30. The molecule has 120 valence electrons. The third-order valence-corrected chi connectivity index (χ3v) is 4.60. The minimum atomic E-state index is -1.12. The molecule has 0 spiro atoms. The summed E-state index contributed by atoms with van der Waals surface area (Å²) in [6.45, 7) is 8.60. The molecule has 1 aliphatic rings. The molecule has 5 heteroatoms. The Hall–Kier alpha value is -1.36. The standard InChI is InChI=1S/C17H23ClN2O2/c1-11(2)15(19)16(21)20-9-8-17(22,12(3)10-20)13-4-6-14(18)7-5-13/h4-7,11,15,22H,3,8-10,19H2,1-2H3/t15-,17-/m1/s1. The Labute approximate surface area is 136 Å². The quantitative estimate of drug-likeness (QED) is 0.839. The van der Waals surface area contributed by atoms with Crippen LogP contribution in [0.25, 0.3) is 0 Å². The van der Waals surface area contributed by atoms with Crippen LogP contribution in [0.4, 0.5) is 0 Å². The fourth-order valence-corrected chi connectivity index (χ4v) is 2.80. The van der Waals surface area contributed by atoms with Crippen LogP contribution in [0.15, 0.2) is 36.4 Å². The fourth-order valence-electron chi connectivity index (χ4n) is 2.67. The summed E-state index contributed by atoms with van der Waals surface area (Å²) in [6.07, 6.45) is 0.407. The maximum atomic E-state index is 12.3. The number of carbonyl (C=O) groups is 1. The molecule has 1 amide bonds. The van der Waals surface area contributed by atoms with Crippen molar-refractivity contribution in [3.63, 3.8) is 0 Å². The van der Waals surface area contributed by atoms with Crippen molar-refractivity contribution in [1.82, 2.24) is 4.90 Å². The van der Waals surface area contributed by atoms with Gasteiger partial charge in [-0.05, 0) is 29.2 Å². The van der Waals surface area contributed by atoms with Gasteiger partial charge in [0.05, 0.1) is 6.04 Å². The summed E-state index contributed by atoms with van der Waals surface area (Å²) in [4.78, 5) is 14.0. The Bertz CT molecular complexity index is 571. The number of rotatable bonds is 3. The second kappa shape index (κ2) is 6.41. The number of benzene rings is 1. The van der Waals surface area contributed by atoms with Gasteiger partial charge in [0.2, 0.25) is 5.91 Å². The Morgan fingerprint density at radius 3 is 2.50 bits per heavy atom. The van der Waals surface area contributed by atoms with Gasteiger partial charge >= 0.3 is 0 Å². The lowest BCUT2D eigenvalue weighted by Gasteiger charge is -2.41. The number of aliphatic hydroxyl groups is 1. The predicted octanol–water partition coefficient (Wildman–Crippen LogP) is 2.30. The molecular weight excluding hydrogens is 300 g/mol. The van der Waals surface area contributed by atoms with Crippen LogP contribution in [0.1, 0.15) is 25.8 Å². The van der Waals surface area contributed by atoms with Crippen LogP contribution >= 0.6 is 11.6 Å². The molecule has 1 fully saturated rings. The summed E-state index contributed by atoms with van der Waals surface area (Å²) < 4.78 is 0. The highest BCUT2D eigenvalue weighted by Gasteiger charge is 2.39. The van der Waals surface area contributed by atoms with Gasteiger partial charge in [0.25, 0.3) is 0 Å². The lowest BCUT2D eigenvalue weighted by Crippen LogP contribution is -2.52. The van der Waals surface area contributed by atoms with Gasteiger partial charge in [-0.1, -0.05) is 44.2 Å². The summed E-state index contributed by atoms with van der Waals surface area (Å²) >= 11 is 5.89. The van der Waals surface area contributed by atoms with E-state index in [4.69, 9.17) is 17.3 Å². The normalized spacial score (nSPS) is 23.7. The molecule has 0 aromatic heterocycles. The lowest BCUT2D eigenvalue weighted by atomic mass is 9.81. The Morgan fingerprint density at radius 2 is 2.00 bits per heavy atom. The molecule has 1 aromatic rings. The van der Waals surface area contributed by atoms with E-state index in [-0.39, 0.29) is 11.8 Å². The number of nitrogens with zero attached hydrogens (tertiary/aromatic N) is 1. The first kappa shape index (κ1) is 17.0. The minimum absolute atomic E-state index is 0.0813. The number of amides is 1. The van der Waals surface area contributed by atoms with E-state index in [0.717, 1.165) is 5.56 Å². The van der Waals surface area contributed by atoms with Crippen LogP contribution in [0.5, 0.6) is 0 Å². The number of hydrogen-bond acceptors (Lipinski definition) is 3. The van der Waals surface area contributed by atoms with Gasteiger partial charge in [0.15, 0.2) is 0 Å². The van der Waals surface area contributed by atoms with Crippen molar-refractivity contribution in [2.45, 2.75) is 31.9 Å². The highest BCUT2D eigenvalue weighted by atomic mass is 35.5. The molecule has 4 nitrogen and oxygen atoms in total. The molecule has 2 rings (SSSR count). The topological polar surface area (TPSA) is 66.6 Å². The predicted molar refractivity (Wildman–Crippen MR) is 88.5 cm³/mol. The van der Waals surface area contributed by atoms with E-state index in [2.05, 4.69) is 6.58 Å². The second-order valence-electron chi connectivity index (χ2n) is 6.25. The zero-order valence-electron chi connectivity index (χ0n) is 13.1. The molecule has 1 aromatic carbocycles. The molecule has 0 unspecified atom stereocenters. The van der Waals surface area contributed by atoms with E-state index in [1.165, 1.54) is 0 Å². The van der Waals surface area contributed by atoms with Crippen molar-refractivity contribution in [3.8, 4) is 0 Å². The van der Waals surface area contributed by atoms with Gasteiger partial charge < -0.3 is 15.7 Å². The zero-order chi connectivity index (χ0) is 16.5. The van der Waals surface area contributed by atoms with Crippen LogP contribution in [0, 0.1) is 5.92 Å². The van der Waals surface area contributed by atoms with Crippen molar-refractivity contribution in [2.24, 2.45) is 11.7 Å². The molecule has 1 heterocycles. The van der Waals surface area contributed by atoms with Crippen molar-refractivity contribution in [1.29, 1.82) is 0 Å². The van der Waals surface area contributed by atoms with Crippen LogP contribution in [-0.2, 0) is 10.4 Å². The molecular formula is C17H23ClN2O2. The summed E-state index contributed by atoms with van der Waals surface area (Å²) in [6, 6.07) is 6.56. The third-order valence-electron chi connectivity index (χ3n) is 4.35. The van der Waals surface area contributed by atoms with E-state index in [9.17, 15) is 9.90 Å². The molecule has 0 bridgehead atoms. The van der Waals surface area contributed by atoms with Gasteiger partial charge in [-0.3, -0.25) is 4.79 Å². The van der Waals surface area contributed by atoms with E-state index in [1.54, 1.807) is 29.2 Å². The van der Waals surface area contributed by atoms with Gasteiger partial charge in [-0.15, -0.1) is 0 Å². The van der Waals surface area contributed by atoms with Gasteiger partial charge in [-0.2, -0.15) is 0 Å². The Balaban J connectivity index is 2.14. The summed E-state index contributed by atoms with van der Waals surface area (Å²) in [5.41, 5.74) is 6.17. The molecule has 0 radical (unpaired) electrons. The monoisotopic (exact) mass is 322 g/mol. The van der Waals surface area contributed by atoms with Gasteiger partial charge in [-0.25, -0.2) is 0 Å². The van der Waals surface area contributed by atoms with E-state index < -0.39 is 11.6 Å². The number of likely N-dealkylation sites (tertiary alicyclic amines) is 1. The van der Waals surface area contributed by atoms with E-state index in [1.807, 2.05) is 13.8 Å². The highest BCUT2D eigenvalue weighted by Crippen LogP contribution is 2.36. The Morgan fingerprint density at radius 1 is 1.41 bits per heavy atom. The molecule has 3 N–H and O–H groups in total. The molecule has 0 aliphatic carbocycles. The number of carbonyl (C=O) groups excluding carboxylic acids is 1. The van der Waals surface area contributed by atoms with E-state index >= 15 is 0 Å². The first-order chi connectivity index (χ1) is 10.3. The molecule has 0 saturated carbocycles. The smallest absolute Gasteiger partial charge is 0.240 e.